The van der Waals surface area contributed by atoms with Crippen LogP contribution >= 0.6 is 0 Å². The fourth-order valence-corrected chi connectivity index (χ4v) is 2.04. The summed E-state index contributed by atoms with van der Waals surface area (Å²) in [6, 6.07) is 10.3. The molecule has 0 bridgehead atoms. The Hall–Kier alpha value is -1.35. The van der Waals surface area contributed by atoms with Gasteiger partial charge >= 0.3 is 5.97 Å². The van der Waals surface area contributed by atoms with Crippen LogP contribution in [0.3, 0.4) is 0 Å². The Morgan fingerprint density at radius 3 is 2.67 bits per heavy atom. The Kier molecular flexibility index (Phi) is 4.76. The van der Waals surface area contributed by atoms with Crippen LogP contribution in [-0.4, -0.2) is 25.8 Å². The molecule has 1 fully saturated rings. The minimum Gasteiger partial charge on any atom is -0.467 e. The van der Waals surface area contributed by atoms with Gasteiger partial charge in [-0.25, -0.2) is 4.79 Å². The highest BCUT2D eigenvalue weighted by Gasteiger charge is 2.37. The summed E-state index contributed by atoms with van der Waals surface area (Å²) in [6.07, 6.45) is 3.74. The van der Waals surface area contributed by atoms with E-state index in [2.05, 4.69) is 12.1 Å². The molecule has 1 atom stereocenters. The van der Waals surface area contributed by atoms with Gasteiger partial charge in [-0.2, -0.15) is 0 Å². The zero-order valence-corrected chi connectivity index (χ0v) is 10.8. The van der Waals surface area contributed by atoms with E-state index < -0.39 is 0 Å². The molecule has 3 nitrogen and oxygen atoms in total. The van der Waals surface area contributed by atoms with Gasteiger partial charge in [0.1, 0.15) is 0 Å². The Morgan fingerprint density at radius 2 is 2.06 bits per heavy atom. The standard InChI is InChI=1S/C15H20O3/c1-17-15(16)14(13-9-10-13)18-11-5-8-12-6-3-2-4-7-12/h2-4,6-7,13-14H,5,8-11H2,1H3. The van der Waals surface area contributed by atoms with Crippen molar-refractivity contribution in [3.8, 4) is 0 Å². The lowest BCUT2D eigenvalue weighted by atomic mass is 10.1. The van der Waals surface area contributed by atoms with Crippen molar-refractivity contribution in [2.45, 2.75) is 31.8 Å². The Labute approximate surface area is 108 Å². The van der Waals surface area contributed by atoms with Gasteiger partial charge < -0.3 is 9.47 Å². The van der Waals surface area contributed by atoms with Gasteiger partial charge in [0.25, 0.3) is 0 Å². The van der Waals surface area contributed by atoms with Gasteiger partial charge in [0.15, 0.2) is 6.10 Å². The SMILES string of the molecule is COC(=O)C(OCCCc1ccccc1)C1CC1. The van der Waals surface area contributed by atoms with E-state index in [0.29, 0.717) is 12.5 Å². The van der Waals surface area contributed by atoms with Crippen molar-refractivity contribution in [3.05, 3.63) is 35.9 Å². The second-order valence-electron chi connectivity index (χ2n) is 4.74. The van der Waals surface area contributed by atoms with E-state index in [1.165, 1.54) is 12.7 Å². The third-order valence-electron chi connectivity index (χ3n) is 3.23. The first-order valence-corrected chi connectivity index (χ1v) is 6.54. The summed E-state index contributed by atoms with van der Waals surface area (Å²) in [5, 5.41) is 0. The lowest BCUT2D eigenvalue weighted by Crippen LogP contribution is -2.28. The number of hydrogen-bond donors (Lipinski definition) is 0. The van der Waals surface area contributed by atoms with Crippen molar-refractivity contribution in [2.24, 2.45) is 5.92 Å². The van der Waals surface area contributed by atoms with Crippen molar-refractivity contribution >= 4 is 5.97 Å². The second-order valence-corrected chi connectivity index (χ2v) is 4.74. The maximum atomic E-state index is 11.5. The van der Waals surface area contributed by atoms with Crippen molar-refractivity contribution < 1.29 is 14.3 Å². The molecule has 1 aromatic carbocycles. The molecule has 0 heterocycles. The van der Waals surface area contributed by atoms with Gasteiger partial charge in [-0.05, 0) is 37.2 Å². The molecule has 0 radical (unpaired) electrons. The molecule has 0 amide bonds. The van der Waals surface area contributed by atoms with Gasteiger partial charge in [-0.15, -0.1) is 0 Å². The Balaban J connectivity index is 1.69. The van der Waals surface area contributed by atoms with E-state index in [1.54, 1.807) is 0 Å². The predicted molar refractivity (Wildman–Crippen MR) is 69.2 cm³/mol. The normalized spacial score (nSPS) is 16.3. The van der Waals surface area contributed by atoms with Crippen molar-refractivity contribution in [2.75, 3.05) is 13.7 Å². The summed E-state index contributed by atoms with van der Waals surface area (Å²) in [6.45, 7) is 0.616. The van der Waals surface area contributed by atoms with Crippen molar-refractivity contribution in [1.82, 2.24) is 0 Å². The molecule has 0 spiro atoms. The molecule has 18 heavy (non-hydrogen) atoms. The molecular formula is C15H20O3. The van der Waals surface area contributed by atoms with Gasteiger partial charge in [0, 0.05) is 6.61 Å². The number of ether oxygens (including phenoxy) is 2. The van der Waals surface area contributed by atoms with Crippen molar-refractivity contribution in [3.63, 3.8) is 0 Å². The summed E-state index contributed by atoms with van der Waals surface area (Å²) in [4.78, 5) is 11.5. The van der Waals surface area contributed by atoms with Gasteiger partial charge in [-0.3, -0.25) is 0 Å². The number of carbonyl (C=O) groups excluding carboxylic acids is 1. The van der Waals surface area contributed by atoms with Gasteiger partial charge in [0.05, 0.1) is 7.11 Å². The van der Waals surface area contributed by atoms with Crippen LogP contribution in [0.25, 0.3) is 0 Å². The molecule has 98 valence electrons. The smallest absolute Gasteiger partial charge is 0.335 e. The molecule has 1 saturated carbocycles. The first kappa shape index (κ1) is 13.1. The van der Waals surface area contributed by atoms with Crippen LogP contribution in [0.2, 0.25) is 0 Å². The van der Waals surface area contributed by atoms with E-state index >= 15 is 0 Å². The predicted octanol–water partition coefficient (Wildman–Crippen LogP) is 2.59. The van der Waals surface area contributed by atoms with Crippen LogP contribution in [0, 0.1) is 5.92 Å². The van der Waals surface area contributed by atoms with E-state index in [0.717, 1.165) is 25.7 Å². The highest BCUT2D eigenvalue weighted by atomic mass is 16.6. The zero-order chi connectivity index (χ0) is 12.8. The van der Waals surface area contributed by atoms with Crippen LogP contribution in [0.4, 0.5) is 0 Å². The summed E-state index contributed by atoms with van der Waals surface area (Å²) in [5.41, 5.74) is 1.31. The average Bonchev–Trinajstić information content (AvgIpc) is 3.23. The Morgan fingerprint density at radius 1 is 1.33 bits per heavy atom. The largest absolute Gasteiger partial charge is 0.467 e. The van der Waals surface area contributed by atoms with Crippen molar-refractivity contribution in [1.29, 1.82) is 0 Å². The van der Waals surface area contributed by atoms with E-state index in [4.69, 9.17) is 9.47 Å². The second kappa shape index (κ2) is 6.55. The number of hydrogen-bond acceptors (Lipinski definition) is 3. The molecule has 2 rings (SSSR count). The third-order valence-corrected chi connectivity index (χ3v) is 3.23. The third kappa shape index (κ3) is 3.84. The van der Waals surface area contributed by atoms with Crippen LogP contribution in [0.1, 0.15) is 24.8 Å². The minimum atomic E-state index is -0.342. The average molecular weight is 248 g/mol. The lowest BCUT2D eigenvalue weighted by molar-refractivity contribution is -0.155. The van der Waals surface area contributed by atoms with Gasteiger partial charge in [-0.1, -0.05) is 30.3 Å². The first-order chi connectivity index (χ1) is 8.81. The topological polar surface area (TPSA) is 35.5 Å². The molecule has 0 N–H and O–H groups in total. The van der Waals surface area contributed by atoms with E-state index in [-0.39, 0.29) is 12.1 Å². The molecular weight excluding hydrogens is 228 g/mol. The molecule has 3 heteroatoms. The maximum Gasteiger partial charge on any atom is 0.335 e. The summed E-state index contributed by atoms with van der Waals surface area (Å²) >= 11 is 0. The fourth-order valence-electron chi connectivity index (χ4n) is 2.04. The fraction of sp³-hybridized carbons (Fsp3) is 0.533. The molecule has 1 aliphatic carbocycles. The minimum absolute atomic E-state index is 0.225. The van der Waals surface area contributed by atoms with Crippen LogP contribution in [0.15, 0.2) is 30.3 Å². The first-order valence-electron chi connectivity index (χ1n) is 6.54. The van der Waals surface area contributed by atoms with E-state index in [9.17, 15) is 4.79 Å². The zero-order valence-electron chi connectivity index (χ0n) is 10.8. The van der Waals surface area contributed by atoms with Crippen LogP contribution < -0.4 is 0 Å². The number of benzene rings is 1. The molecule has 1 aliphatic rings. The Bertz CT molecular complexity index is 371. The molecule has 0 saturated heterocycles. The maximum absolute atomic E-state index is 11.5. The summed E-state index contributed by atoms with van der Waals surface area (Å²) in [5.74, 6) is 0.159. The molecule has 1 aromatic rings. The van der Waals surface area contributed by atoms with E-state index in [1.807, 2.05) is 18.2 Å². The number of esters is 1. The number of methoxy groups -OCH3 is 1. The number of carbonyl (C=O) groups is 1. The molecule has 1 unspecified atom stereocenters. The van der Waals surface area contributed by atoms with Gasteiger partial charge in [0.2, 0.25) is 0 Å². The molecule has 0 aromatic heterocycles. The summed E-state index contributed by atoms with van der Waals surface area (Å²) in [7, 11) is 1.42. The number of aryl methyl sites for hydroxylation is 1. The highest BCUT2D eigenvalue weighted by molar-refractivity contribution is 5.75. The number of rotatable bonds is 7. The summed E-state index contributed by atoms with van der Waals surface area (Å²) < 4.78 is 10.4. The lowest BCUT2D eigenvalue weighted by Gasteiger charge is -2.14. The monoisotopic (exact) mass is 248 g/mol. The van der Waals surface area contributed by atoms with Crippen LogP contribution in [-0.2, 0) is 20.7 Å². The quantitative estimate of drug-likeness (QED) is 0.549. The molecule has 0 aliphatic heterocycles. The highest BCUT2D eigenvalue weighted by Crippen LogP contribution is 2.34. The van der Waals surface area contributed by atoms with Crippen LogP contribution in [0.5, 0.6) is 0 Å².